The Morgan fingerprint density at radius 3 is 2.71 bits per heavy atom. The van der Waals surface area contributed by atoms with Gasteiger partial charge in [0.05, 0.1) is 6.33 Å². The molecule has 0 unspecified atom stereocenters. The van der Waals surface area contributed by atoms with E-state index in [2.05, 4.69) is 4.98 Å². The molecule has 1 rings (SSSR count). The minimum Gasteiger partial charge on any atom is -0.385 e. The molecule has 0 spiro atoms. The Bertz CT molecular complexity index is 449. The number of nitrogens with zero attached hydrogens (tertiary/aromatic N) is 3. The number of aryl methyl sites for hydroxylation is 1. The van der Waals surface area contributed by atoms with Gasteiger partial charge < -0.3 is 15.0 Å². The Labute approximate surface area is 101 Å². The maximum Gasteiger partial charge on any atom is 0.262 e. The number of hydrogen-bond donors (Lipinski definition) is 1. The van der Waals surface area contributed by atoms with E-state index in [0.717, 1.165) is 0 Å². The third-order valence-corrected chi connectivity index (χ3v) is 4.37. The van der Waals surface area contributed by atoms with Gasteiger partial charge >= 0.3 is 0 Å². The minimum absolute atomic E-state index is 0.0195. The second-order valence-electron chi connectivity index (χ2n) is 3.72. The molecule has 7 nitrogen and oxygen atoms in total. The van der Waals surface area contributed by atoms with E-state index >= 15 is 0 Å². The fraction of sp³-hybridized carbons (Fsp3) is 0.667. The average molecular weight is 262 g/mol. The average Bonchev–Trinajstić information content (AvgIpc) is 2.59. The van der Waals surface area contributed by atoms with Crippen LogP contribution >= 0.6 is 0 Å². The first-order valence-electron chi connectivity index (χ1n) is 5.13. The lowest BCUT2D eigenvalue weighted by Gasteiger charge is -2.17. The van der Waals surface area contributed by atoms with Crippen molar-refractivity contribution in [3.8, 4) is 0 Å². The van der Waals surface area contributed by atoms with Gasteiger partial charge in [0, 0.05) is 34.4 Å². The lowest BCUT2D eigenvalue weighted by Crippen LogP contribution is -2.30. The van der Waals surface area contributed by atoms with Crippen LogP contribution in [0, 0.1) is 0 Å². The quantitative estimate of drug-likeness (QED) is 0.708. The highest BCUT2D eigenvalue weighted by atomic mass is 32.2. The third kappa shape index (κ3) is 2.96. The number of nitrogens with two attached hydrogens (primary N) is 1. The summed E-state index contributed by atoms with van der Waals surface area (Å²) in [7, 11) is 1.10. The van der Waals surface area contributed by atoms with Crippen molar-refractivity contribution < 1.29 is 13.2 Å². The van der Waals surface area contributed by atoms with Crippen LogP contribution in [0.1, 0.15) is 6.42 Å². The molecule has 0 saturated heterocycles. The van der Waals surface area contributed by atoms with Crippen LogP contribution in [-0.2, 0) is 21.8 Å². The molecule has 1 aromatic rings. The number of anilines is 1. The maximum atomic E-state index is 12.2. The third-order valence-electron chi connectivity index (χ3n) is 2.39. The van der Waals surface area contributed by atoms with Crippen molar-refractivity contribution >= 4 is 15.8 Å². The summed E-state index contributed by atoms with van der Waals surface area (Å²) in [5.41, 5.74) is 5.56. The summed E-state index contributed by atoms with van der Waals surface area (Å²) in [6.45, 7) is 0.890. The van der Waals surface area contributed by atoms with Gasteiger partial charge in [-0.05, 0) is 6.42 Å². The zero-order valence-electron chi connectivity index (χ0n) is 10.3. The van der Waals surface area contributed by atoms with Crippen LogP contribution in [0.3, 0.4) is 0 Å². The number of aromatic nitrogens is 2. The van der Waals surface area contributed by atoms with Crippen LogP contribution in [0.15, 0.2) is 11.4 Å². The van der Waals surface area contributed by atoms with E-state index in [1.54, 1.807) is 14.2 Å². The molecule has 0 aliphatic carbocycles. The van der Waals surface area contributed by atoms with E-state index in [4.69, 9.17) is 10.5 Å². The van der Waals surface area contributed by atoms with Crippen LogP contribution in [-0.4, -0.2) is 49.6 Å². The monoisotopic (exact) mass is 262 g/mol. The molecule has 0 fully saturated rings. The summed E-state index contributed by atoms with van der Waals surface area (Å²) in [6.07, 6.45) is 2.01. The van der Waals surface area contributed by atoms with Crippen molar-refractivity contribution in [2.24, 2.45) is 7.05 Å². The summed E-state index contributed by atoms with van der Waals surface area (Å²) >= 11 is 0. The highest BCUT2D eigenvalue weighted by Gasteiger charge is 2.26. The fourth-order valence-electron chi connectivity index (χ4n) is 1.45. The molecule has 0 bridgehead atoms. The molecule has 2 N–H and O–H groups in total. The second kappa shape index (κ2) is 5.48. The van der Waals surface area contributed by atoms with Crippen molar-refractivity contribution in [1.29, 1.82) is 0 Å². The standard InChI is InChI=1S/C9H18N4O3S/c1-12-7-11-8(10)9(12)17(14,15)13(2)5-4-6-16-3/h7H,4-6,10H2,1-3H3. The Hall–Kier alpha value is -1.12. The van der Waals surface area contributed by atoms with Gasteiger partial charge in [0.25, 0.3) is 10.0 Å². The van der Waals surface area contributed by atoms with Crippen LogP contribution in [0.4, 0.5) is 5.82 Å². The predicted molar refractivity (Wildman–Crippen MR) is 63.9 cm³/mol. The van der Waals surface area contributed by atoms with E-state index < -0.39 is 10.0 Å². The van der Waals surface area contributed by atoms with Crippen molar-refractivity contribution in [3.63, 3.8) is 0 Å². The molecule has 0 atom stereocenters. The summed E-state index contributed by atoms with van der Waals surface area (Å²) in [4.78, 5) is 3.77. The molecule has 0 aliphatic rings. The van der Waals surface area contributed by atoms with E-state index in [9.17, 15) is 8.42 Å². The molecule has 98 valence electrons. The van der Waals surface area contributed by atoms with Gasteiger partial charge in [0.1, 0.15) is 0 Å². The molecule has 0 radical (unpaired) electrons. The van der Waals surface area contributed by atoms with E-state index in [-0.39, 0.29) is 10.8 Å². The molecule has 0 saturated carbocycles. The van der Waals surface area contributed by atoms with E-state index in [1.807, 2.05) is 0 Å². The lowest BCUT2D eigenvalue weighted by molar-refractivity contribution is 0.189. The number of nitrogen functional groups attached to an aromatic ring is 1. The van der Waals surface area contributed by atoms with Gasteiger partial charge in [0.15, 0.2) is 10.8 Å². The van der Waals surface area contributed by atoms with Gasteiger partial charge in [-0.15, -0.1) is 0 Å². The molecular formula is C9H18N4O3S. The minimum atomic E-state index is -3.58. The molecule has 0 amide bonds. The van der Waals surface area contributed by atoms with Crippen molar-refractivity contribution in [3.05, 3.63) is 6.33 Å². The lowest BCUT2D eigenvalue weighted by atomic mass is 10.5. The van der Waals surface area contributed by atoms with Gasteiger partial charge in [-0.2, -0.15) is 4.31 Å². The first-order valence-corrected chi connectivity index (χ1v) is 6.57. The first-order chi connectivity index (χ1) is 7.91. The SMILES string of the molecule is COCCCN(C)S(=O)(=O)c1c(N)ncn1C. The van der Waals surface area contributed by atoms with Crippen LogP contribution in [0.2, 0.25) is 0 Å². The van der Waals surface area contributed by atoms with Gasteiger partial charge in [-0.25, -0.2) is 13.4 Å². The first kappa shape index (κ1) is 13.9. The summed E-state index contributed by atoms with van der Waals surface area (Å²) in [5, 5.41) is 0.0254. The number of ether oxygens (including phenoxy) is 1. The highest BCUT2D eigenvalue weighted by molar-refractivity contribution is 7.89. The number of imidazole rings is 1. The molecule has 8 heteroatoms. The van der Waals surface area contributed by atoms with Crippen LogP contribution in [0.5, 0.6) is 0 Å². The summed E-state index contributed by atoms with van der Waals surface area (Å²) < 4.78 is 31.9. The number of methoxy groups -OCH3 is 1. The highest BCUT2D eigenvalue weighted by Crippen LogP contribution is 2.19. The Morgan fingerprint density at radius 1 is 1.59 bits per heavy atom. The van der Waals surface area contributed by atoms with E-state index in [0.29, 0.717) is 19.6 Å². The topological polar surface area (TPSA) is 90.4 Å². The van der Waals surface area contributed by atoms with Crippen LogP contribution < -0.4 is 5.73 Å². The number of hydrogen-bond acceptors (Lipinski definition) is 5. The number of rotatable bonds is 6. The largest absolute Gasteiger partial charge is 0.385 e. The Balaban J connectivity index is 2.88. The van der Waals surface area contributed by atoms with Gasteiger partial charge in [-0.1, -0.05) is 0 Å². The van der Waals surface area contributed by atoms with Crippen LogP contribution in [0.25, 0.3) is 0 Å². The smallest absolute Gasteiger partial charge is 0.262 e. The Kier molecular flexibility index (Phi) is 4.49. The molecule has 17 heavy (non-hydrogen) atoms. The van der Waals surface area contributed by atoms with Crippen molar-refractivity contribution in [2.75, 3.05) is 33.0 Å². The van der Waals surface area contributed by atoms with Gasteiger partial charge in [0.2, 0.25) is 0 Å². The predicted octanol–water partition coefficient (Wildman–Crippen LogP) is -0.341. The van der Waals surface area contributed by atoms with E-state index in [1.165, 1.54) is 22.2 Å². The fourth-order valence-corrected chi connectivity index (χ4v) is 2.84. The molecule has 0 aromatic carbocycles. The maximum absolute atomic E-state index is 12.2. The van der Waals surface area contributed by atoms with Crippen molar-refractivity contribution in [2.45, 2.75) is 11.4 Å². The molecule has 1 heterocycles. The van der Waals surface area contributed by atoms with Crippen molar-refractivity contribution in [1.82, 2.24) is 13.9 Å². The molecule has 0 aliphatic heterocycles. The second-order valence-corrected chi connectivity index (χ2v) is 5.68. The summed E-state index contributed by atoms with van der Waals surface area (Å²) in [5.74, 6) is 0.0195. The van der Waals surface area contributed by atoms with Gasteiger partial charge in [-0.3, -0.25) is 0 Å². The normalized spacial score (nSPS) is 12.2. The zero-order valence-corrected chi connectivity index (χ0v) is 11.1. The Morgan fingerprint density at radius 2 is 2.24 bits per heavy atom. The summed E-state index contributed by atoms with van der Waals surface area (Å²) in [6, 6.07) is 0. The molecular weight excluding hydrogens is 244 g/mol. The zero-order chi connectivity index (χ0) is 13.1. The molecule has 1 aromatic heterocycles. The number of sulfonamides is 1.